The predicted octanol–water partition coefficient (Wildman–Crippen LogP) is 3.92. The zero-order chi connectivity index (χ0) is 16.7. The number of alkyl halides is 1. The average Bonchev–Trinajstić information content (AvgIpc) is 2.88. The lowest BCUT2D eigenvalue weighted by molar-refractivity contribution is -0.139. The zero-order valence-corrected chi connectivity index (χ0v) is 16.4. The summed E-state index contributed by atoms with van der Waals surface area (Å²) in [6.07, 6.45) is 0.0152. The minimum absolute atomic E-state index is 0.0152. The van der Waals surface area contributed by atoms with E-state index in [0.717, 1.165) is 11.9 Å². The van der Waals surface area contributed by atoms with Gasteiger partial charge in [0.25, 0.3) is 8.53 Å². The van der Waals surface area contributed by atoms with Crippen molar-refractivity contribution in [3.63, 3.8) is 0 Å². The van der Waals surface area contributed by atoms with Gasteiger partial charge >= 0.3 is 0 Å². The number of hydrogen-bond acceptors (Lipinski definition) is 5. The Labute approximate surface area is 148 Å². The van der Waals surface area contributed by atoms with E-state index in [9.17, 15) is 0 Å². The summed E-state index contributed by atoms with van der Waals surface area (Å²) >= 11 is 3.39. The number of ether oxygens (including phenoxy) is 2. The van der Waals surface area contributed by atoms with E-state index in [1.807, 2.05) is 32.0 Å². The largest absolute Gasteiger partial charge is 0.348 e. The van der Waals surface area contributed by atoms with Crippen LogP contribution in [-0.2, 0) is 25.1 Å². The lowest BCUT2D eigenvalue weighted by Gasteiger charge is -2.30. The SMILES string of the molecule is COP(OCCBr)N(Cc1ccccc1)C[C@H]1COC(C)(C)O1. The standard InChI is InChI=1S/C16H25BrNO4P/c1-16(2)20-13-15(22-16)12-18(23(19-3)21-10-9-17)11-14-7-5-4-6-8-14/h4-8,15H,9-13H2,1-3H3/t15-,23?/m0/s1. The summed E-state index contributed by atoms with van der Waals surface area (Å²) in [6.45, 7) is 6.54. The van der Waals surface area contributed by atoms with Crippen LogP contribution < -0.4 is 0 Å². The van der Waals surface area contributed by atoms with E-state index >= 15 is 0 Å². The first-order chi connectivity index (χ1) is 11.0. The van der Waals surface area contributed by atoms with E-state index < -0.39 is 14.3 Å². The monoisotopic (exact) mass is 405 g/mol. The summed E-state index contributed by atoms with van der Waals surface area (Å²) in [7, 11) is 0.558. The molecule has 0 spiro atoms. The normalized spacial score (nSPS) is 21.7. The summed E-state index contributed by atoms with van der Waals surface area (Å²) in [5.74, 6) is -0.518. The smallest absolute Gasteiger partial charge is 0.258 e. The minimum atomic E-state index is -1.13. The molecule has 0 amide bonds. The van der Waals surface area contributed by atoms with Crippen LogP contribution in [0.5, 0.6) is 0 Å². The third kappa shape index (κ3) is 6.39. The van der Waals surface area contributed by atoms with Crippen molar-refractivity contribution >= 4 is 24.5 Å². The summed E-state index contributed by atoms with van der Waals surface area (Å²) in [4.78, 5) is 0. The van der Waals surface area contributed by atoms with E-state index in [1.165, 1.54) is 5.56 Å². The van der Waals surface area contributed by atoms with Crippen molar-refractivity contribution in [1.82, 2.24) is 4.67 Å². The molecule has 0 bridgehead atoms. The molecule has 1 aromatic rings. The molecule has 1 aromatic carbocycles. The van der Waals surface area contributed by atoms with E-state index in [1.54, 1.807) is 7.11 Å². The molecular formula is C16H25BrNO4P. The maximum Gasteiger partial charge on any atom is 0.258 e. The van der Waals surface area contributed by atoms with Crippen molar-refractivity contribution in [1.29, 1.82) is 0 Å². The van der Waals surface area contributed by atoms with Gasteiger partial charge in [-0.1, -0.05) is 46.3 Å². The highest BCUT2D eigenvalue weighted by Crippen LogP contribution is 2.43. The molecule has 1 saturated heterocycles. The summed E-state index contributed by atoms with van der Waals surface area (Å²) < 4.78 is 25.3. The van der Waals surface area contributed by atoms with Crippen LogP contribution in [0.2, 0.25) is 0 Å². The first-order valence-corrected chi connectivity index (χ1v) is 9.93. The van der Waals surface area contributed by atoms with Crippen LogP contribution in [0.3, 0.4) is 0 Å². The molecule has 23 heavy (non-hydrogen) atoms. The average molecular weight is 406 g/mol. The molecule has 0 aliphatic carbocycles. The molecule has 1 fully saturated rings. The Morgan fingerprint density at radius 1 is 1.35 bits per heavy atom. The Bertz CT molecular complexity index is 463. The van der Waals surface area contributed by atoms with Crippen molar-refractivity contribution in [2.75, 3.05) is 32.2 Å². The fourth-order valence-corrected chi connectivity index (χ4v) is 4.19. The minimum Gasteiger partial charge on any atom is -0.348 e. The molecule has 0 radical (unpaired) electrons. The summed E-state index contributed by atoms with van der Waals surface area (Å²) in [5.41, 5.74) is 1.22. The molecule has 5 nitrogen and oxygen atoms in total. The second kappa shape index (κ2) is 9.42. The van der Waals surface area contributed by atoms with Gasteiger partial charge in [0.15, 0.2) is 5.79 Å². The first kappa shape index (κ1) is 19.3. The third-order valence-electron chi connectivity index (χ3n) is 3.36. The number of nitrogens with zero attached hydrogens (tertiary/aromatic N) is 1. The highest BCUT2D eigenvalue weighted by molar-refractivity contribution is 9.09. The second-order valence-electron chi connectivity index (χ2n) is 5.73. The molecule has 130 valence electrons. The second-order valence-corrected chi connectivity index (χ2v) is 8.18. The van der Waals surface area contributed by atoms with Crippen molar-refractivity contribution in [3.05, 3.63) is 35.9 Å². The van der Waals surface area contributed by atoms with Gasteiger partial charge in [-0.15, -0.1) is 0 Å². The van der Waals surface area contributed by atoms with Gasteiger partial charge in [-0.25, -0.2) is 4.67 Å². The number of benzene rings is 1. The van der Waals surface area contributed by atoms with Crippen molar-refractivity contribution in [2.24, 2.45) is 0 Å². The number of halogens is 1. The molecule has 1 heterocycles. The van der Waals surface area contributed by atoms with E-state index in [2.05, 4.69) is 32.7 Å². The molecular weight excluding hydrogens is 381 g/mol. The Morgan fingerprint density at radius 3 is 2.65 bits per heavy atom. The number of hydrogen-bond donors (Lipinski definition) is 0. The van der Waals surface area contributed by atoms with E-state index in [0.29, 0.717) is 19.8 Å². The number of rotatable bonds is 9. The van der Waals surface area contributed by atoms with Crippen molar-refractivity contribution < 1.29 is 18.5 Å². The predicted molar refractivity (Wildman–Crippen MR) is 95.4 cm³/mol. The van der Waals surface area contributed by atoms with Gasteiger partial charge in [-0.3, -0.25) is 0 Å². The summed E-state index contributed by atoms with van der Waals surface area (Å²) in [5, 5.41) is 0.782. The molecule has 1 aliphatic rings. The Kier molecular flexibility index (Phi) is 7.89. The van der Waals surface area contributed by atoms with Crippen LogP contribution in [0, 0.1) is 0 Å². The van der Waals surface area contributed by atoms with Gasteiger partial charge in [-0.05, 0) is 19.4 Å². The zero-order valence-electron chi connectivity index (χ0n) is 13.9. The molecule has 0 aromatic heterocycles. The Hall–Kier alpha value is -0.0700. The topological polar surface area (TPSA) is 40.2 Å². The van der Waals surface area contributed by atoms with Crippen molar-refractivity contribution in [2.45, 2.75) is 32.3 Å². The van der Waals surface area contributed by atoms with Gasteiger partial charge in [0, 0.05) is 25.5 Å². The van der Waals surface area contributed by atoms with Crippen LogP contribution in [0.15, 0.2) is 30.3 Å². The van der Waals surface area contributed by atoms with E-state index in [4.69, 9.17) is 18.5 Å². The summed E-state index contributed by atoms with van der Waals surface area (Å²) in [6, 6.07) is 10.3. The van der Waals surface area contributed by atoms with Gasteiger partial charge in [0.05, 0.1) is 19.3 Å². The maximum absolute atomic E-state index is 5.94. The van der Waals surface area contributed by atoms with Crippen LogP contribution in [0.25, 0.3) is 0 Å². The lowest BCUT2D eigenvalue weighted by atomic mass is 10.2. The molecule has 7 heteroatoms. The maximum atomic E-state index is 5.94. The Morgan fingerprint density at radius 2 is 2.09 bits per heavy atom. The van der Waals surface area contributed by atoms with Gasteiger partial charge in [-0.2, -0.15) is 0 Å². The highest BCUT2D eigenvalue weighted by Gasteiger charge is 2.35. The third-order valence-corrected chi connectivity index (χ3v) is 5.16. The van der Waals surface area contributed by atoms with Gasteiger partial charge in [0.2, 0.25) is 0 Å². The first-order valence-electron chi connectivity index (χ1n) is 7.68. The molecule has 1 aliphatic heterocycles. The van der Waals surface area contributed by atoms with Crippen LogP contribution in [0.1, 0.15) is 19.4 Å². The quantitative estimate of drug-likeness (QED) is 0.459. The molecule has 0 N–H and O–H groups in total. The molecule has 0 saturated carbocycles. The lowest BCUT2D eigenvalue weighted by Crippen LogP contribution is -2.32. The van der Waals surface area contributed by atoms with Crippen LogP contribution in [0.4, 0.5) is 0 Å². The molecule has 2 atom stereocenters. The van der Waals surface area contributed by atoms with Crippen molar-refractivity contribution in [3.8, 4) is 0 Å². The fraction of sp³-hybridized carbons (Fsp3) is 0.625. The highest BCUT2D eigenvalue weighted by atomic mass is 79.9. The van der Waals surface area contributed by atoms with Gasteiger partial charge in [0.1, 0.15) is 0 Å². The van der Waals surface area contributed by atoms with Gasteiger partial charge < -0.3 is 18.5 Å². The molecule has 1 unspecified atom stereocenters. The Balaban J connectivity index is 2.03. The molecule has 2 rings (SSSR count). The van der Waals surface area contributed by atoms with E-state index in [-0.39, 0.29) is 6.10 Å². The fourth-order valence-electron chi connectivity index (χ4n) is 2.43. The van der Waals surface area contributed by atoms with Crippen LogP contribution in [-0.4, -0.2) is 48.8 Å². The van der Waals surface area contributed by atoms with Crippen LogP contribution >= 0.6 is 24.5 Å².